The predicted octanol–water partition coefficient (Wildman–Crippen LogP) is 0.914. The molecule has 1 aromatic rings. The SMILES string of the molecule is CNCC(=O)Nc1ccc(C(=O)S)cc1. The van der Waals surface area contributed by atoms with Gasteiger partial charge in [-0.05, 0) is 31.3 Å². The third kappa shape index (κ3) is 3.73. The van der Waals surface area contributed by atoms with Crippen LogP contribution < -0.4 is 10.6 Å². The summed E-state index contributed by atoms with van der Waals surface area (Å²) in [5.74, 6) is -0.123. The number of benzene rings is 1. The van der Waals surface area contributed by atoms with Crippen LogP contribution in [-0.4, -0.2) is 24.6 Å². The maximum atomic E-state index is 11.2. The van der Waals surface area contributed by atoms with Crippen molar-refractivity contribution < 1.29 is 9.59 Å². The van der Waals surface area contributed by atoms with Crippen molar-refractivity contribution in [1.82, 2.24) is 5.32 Å². The second-order valence-electron chi connectivity index (χ2n) is 2.96. The Morgan fingerprint density at radius 3 is 2.33 bits per heavy atom. The zero-order valence-corrected chi connectivity index (χ0v) is 9.17. The molecule has 0 unspecified atom stereocenters. The van der Waals surface area contributed by atoms with E-state index in [1.807, 2.05) is 0 Å². The second-order valence-corrected chi connectivity index (χ2v) is 3.37. The minimum atomic E-state index is -0.289. The first-order valence-electron chi connectivity index (χ1n) is 4.41. The van der Waals surface area contributed by atoms with E-state index in [-0.39, 0.29) is 17.6 Å². The molecule has 5 heteroatoms. The average Bonchev–Trinajstić information content (AvgIpc) is 2.18. The van der Waals surface area contributed by atoms with Crippen LogP contribution in [0.15, 0.2) is 24.3 Å². The monoisotopic (exact) mass is 224 g/mol. The number of hydrogen-bond donors (Lipinski definition) is 3. The molecule has 0 aliphatic carbocycles. The van der Waals surface area contributed by atoms with Crippen molar-refractivity contribution in [3.05, 3.63) is 29.8 Å². The molecule has 0 aliphatic heterocycles. The predicted molar refractivity (Wildman–Crippen MR) is 62.3 cm³/mol. The molecule has 80 valence electrons. The molecule has 1 rings (SSSR count). The highest BCUT2D eigenvalue weighted by molar-refractivity contribution is 7.97. The van der Waals surface area contributed by atoms with E-state index in [1.54, 1.807) is 31.3 Å². The molecule has 0 fully saturated rings. The summed E-state index contributed by atoms with van der Waals surface area (Å²) in [6.07, 6.45) is 0. The van der Waals surface area contributed by atoms with Crippen LogP contribution in [0.1, 0.15) is 10.4 Å². The van der Waals surface area contributed by atoms with E-state index in [0.29, 0.717) is 11.3 Å². The number of rotatable bonds is 4. The Hall–Kier alpha value is -1.33. The van der Waals surface area contributed by atoms with Crippen LogP contribution in [0, 0.1) is 0 Å². The molecule has 0 spiro atoms. The van der Waals surface area contributed by atoms with Gasteiger partial charge in [0.1, 0.15) is 0 Å². The number of likely N-dealkylation sites (N-methyl/N-ethyl adjacent to an activating group) is 1. The normalized spacial score (nSPS) is 9.73. The van der Waals surface area contributed by atoms with Gasteiger partial charge in [-0.25, -0.2) is 0 Å². The molecule has 4 nitrogen and oxygen atoms in total. The molecule has 0 aliphatic rings. The molecule has 0 heterocycles. The van der Waals surface area contributed by atoms with Crippen molar-refractivity contribution in [2.75, 3.05) is 18.9 Å². The highest BCUT2D eigenvalue weighted by Gasteiger charge is 2.02. The van der Waals surface area contributed by atoms with Gasteiger partial charge in [-0.2, -0.15) is 0 Å². The van der Waals surface area contributed by atoms with E-state index in [0.717, 1.165) is 0 Å². The Labute approximate surface area is 93.5 Å². The lowest BCUT2D eigenvalue weighted by Crippen LogP contribution is -2.24. The Bertz CT molecular complexity index is 362. The average molecular weight is 224 g/mol. The molecule has 0 saturated carbocycles. The second kappa shape index (κ2) is 5.53. The van der Waals surface area contributed by atoms with Gasteiger partial charge in [-0.3, -0.25) is 9.59 Å². The summed E-state index contributed by atoms with van der Waals surface area (Å²) in [5.41, 5.74) is 1.17. The standard InChI is InChI=1S/C10H12N2O2S/c1-11-6-9(13)12-8-4-2-7(3-5-8)10(14)15/h2-5,11H,6H2,1H3,(H,12,13)(H,14,15). The number of nitrogens with one attached hydrogen (secondary N) is 2. The molecule has 15 heavy (non-hydrogen) atoms. The Balaban J connectivity index is 2.64. The number of carbonyl (C=O) groups excluding carboxylic acids is 2. The maximum Gasteiger partial charge on any atom is 0.238 e. The molecule has 0 aromatic heterocycles. The zero-order valence-electron chi connectivity index (χ0n) is 8.28. The number of carbonyl (C=O) groups is 2. The van der Waals surface area contributed by atoms with Gasteiger partial charge in [0, 0.05) is 11.3 Å². The van der Waals surface area contributed by atoms with Crippen LogP contribution in [0.2, 0.25) is 0 Å². The van der Waals surface area contributed by atoms with Crippen molar-refractivity contribution in [1.29, 1.82) is 0 Å². The van der Waals surface area contributed by atoms with Crippen molar-refractivity contribution in [2.45, 2.75) is 0 Å². The Morgan fingerprint density at radius 1 is 1.27 bits per heavy atom. The molecular weight excluding hydrogens is 212 g/mol. The third-order valence-electron chi connectivity index (χ3n) is 1.75. The van der Waals surface area contributed by atoms with E-state index in [2.05, 4.69) is 23.3 Å². The van der Waals surface area contributed by atoms with Crippen LogP contribution >= 0.6 is 12.6 Å². The minimum absolute atomic E-state index is 0.123. The third-order valence-corrected chi connectivity index (χ3v) is 2.01. The van der Waals surface area contributed by atoms with E-state index >= 15 is 0 Å². The van der Waals surface area contributed by atoms with E-state index in [1.165, 1.54) is 0 Å². The number of anilines is 1. The van der Waals surface area contributed by atoms with Crippen molar-refractivity contribution >= 4 is 29.3 Å². The van der Waals surface area contributed by atoms with Crippen molar-refractivity contribution in [2.24, 2.45) is 0 Å². The quantitative estimate of drug-likeness (QED) is 0.666. The molecular formula is C10H12N2O2S. The minimum Gasteiger partial charge on any atom is -0.325 e. The lowest BCUT2D eigenvalue weighted by atomic mass is 10.2. The summed E-state index contributed by atoms with van der Waals surface area (Å²) in [4.78, 5) is 22.0. The Kier molecular flexibility index (Phi) is 4.33. The summed E-state index contributed by atoms with van der Waals surface area (Å²) in [6.45, 7) is 0.257. The van der Waals surface area contributed by atoms with Gasteiger partial charge in [0.2, 0.25) is 11.0 Å². The highest BCUT2D eigenvalue weighted by Crippen LogP contribution is 2.10. The lowest BCUT2D eigenvalue weighted by molar-refractivity contribution is -0.115. The van der Waals surface area contributed by atoms with Crippen LogP contribution in [0.25, 0.3) is 0 Å². The maximum absolute atomic E-state index is 11.2. The summed E-state index contributed by atoms with van der Waals surface area (Å²) in [7, 11) is 1.70. The van der Waals surface area contributed by atoms with Crippen molar-refractivity contribution in [3.63, 3.8) is 0 Å². The van der Waals surface area contributed by atoms with Gasteiger partial charge >= 0.3 is 0 Å². The summed E-state index contributed by atoms with van der Waals surface area (Å²) in [5, 5.41) is 5.12. The van der Waals surface area contributed by atoms with Crippen LogP contribution in [-0.2, 0) is 4.79 Å². The number of amides is 1. The largest absolute Gasteiger partial charge is 0.325 e. The molecule has 0 bridgehead atoms. The van der Waals surface area contributed by atoms with Crippen molar-refractivity contribution in [3.8, 4) is 0 Å². The van der Waals surface area contributed by atoms with Gasteiger partial charge in [0.15, 0.2) is 0 Å². The molecule has 2 N–H and O–H groups in total. The molecule has 1 amide bonds. The van der Waals surface area contributed by atoms with Crippen LogP contribution in [0.3, 0.4) is 0 Å². The first-order chi connectivity index (χ1) is 7.13. The first kappa shape index (κ1) is 11.7. The number of hydrogen-bond acceptors (Lipinski definition) is 3. The first-order valence-corrected chi connectivity index (χ1v) is 4.86. The molecule has 1 aromatic carbocycles. The van der Waals surface area contributed by atoms with E-state index in [4.69, 9.17) is 0 Å². The van der Waals surface area contributed by atoms with Gasteiger partial charge in [0.25, 0.3) is 0 Å². The van der Waals surface area contributed by atoms with Crippen LogP contribution in [0.5, 0.6) is 0 Å². The van der Waals surface area contributed by atoms with E-state index < -0.39 is 0 Å². The lowest BCUT2D eigenvalue weighted by Gasteiger charge is -2.04. The fourth-order valence-corrected chi connectivity index (χ4v) is 1.21. The molecule has 0 radical (unpaired) electrons. The number of thiol groups is 1. The summed E-state index contributed by atoms with van der Waals surface area (Å²) in [6, 6.07) is 6.56. The molecule has 0 atom stereocenters. The Morgan fingerprint density at radius 2 is 1.87 bits per heavy atom. The van der Waals surface area contributed by atoms with Gasteiger partial charge in [-0.1, -0.05) is 0 Å². The molecule has 0 saturated heterocycles. The van der Waals surface area contributed by atoms with Crippen LogP contribution in [0.4, 0.5) is 5.69 Å². The van der Waals surface area contributed by atoms with Gasteiger partial charge < -0.3 is 10.6 Å². The van der Waals surface area contributed by atoms with E-state index in [9.17, 15) is 9.59 Å². The fraction of sp³-hybridized carbons (Fsp3) is 0.200. The topological polar surface area (TPSA) is 58.2 Å². The summed E-state index contributed by atoms with van der Waals surface area (Å²) < 4.78 is 0. The van der Waals surface area contributed by atoms with Gasteiger partial charge in [-0.15, -0.1) is 12.6 Å². The highest BCUT2D eigenvalue weighted by atomic mass is 32.1. The summed E-state index contributed by atoms with van der Waals surface area (Å²) >= 11 is 3.69. The van der Waals surface area contributed by atoms with Gasteiger partial charge in [0.05, 0.1) is 6.54 Å². The fourth-order valence-electron chi connectivity index (χ4n) is 1.06. The zero-order chi connectivity index (χ0) is 11.3. The smallest absolute Gasteiger partial charge is 0.238 e.